The maximum atomic E-state index is 13.4. The summed E-state index contributed by atoms with van der Waals surface area (Å²) in [6.07, 6.45) is 3.36. The molecular formula is C35H45N7O7. The zero-order valence-electron chi connectivity index (χ0n) is 28.5. The maximum Gasteiger partial charge on any atom is 0.408 e. The molecule has 0 spiro atoms. The molecule has 0 saturated carbocycles. The second-order valence-corrected chi connectivity index (χ2v) is 13.3. The summed E-state index contributed by atoms with van der Waals surface area (Å²) in [6, 6.07) is 16.6. The molecule has 2 atom stereocenters. The molecule has 4 rings (SSSR count). The Labute approximate surface area is 285 Å². The molecule has 0 bridgehead atoms. The Morgan fingerprint density at radius 1 is 0.939 bits per heavy atom. The topological polar surface area (TPSA) is 173 Å². The third-order valence-corrected chi connectivity index (χ3v) is 7.52. The Bertz CT molecular complexity index is 1600. The van der Waals surface area contributed by atoms with E-state index in [0.29, 0.717) is 25.1 Å². The zero-order chi connectivity index (χ0) is 35.6. The van der Waals surface area contributed by atoms with Gasteiger partial charge in [-0.2, -0.15) is 0 Å². The van der Waals surface area contributed by atoms with Crippen LogP contribution >= 0.6 is 0 Å². The van der Waals surface area contributed by atoms with Crippen LogP contribution in [0.25, 0.3) is 0 Å². The van der Waals surface area contributed by atoms with Crippen molar-refractivity contribution in [1.82, 2.24) is 25.1 Å². The van der Waals surface area contributed by atoms with Crippen LogP contribution < -0.4 is 21.3 Å². The first-order valence-corrected chi connectivity index (χ1v) is 16.1. The second kappa shape index (κ2) is 16.2. The van der Waals surface area contributed by atoms with E-state index in [4.69, 9.17) is 9.47 Å². The summed E-state index contributed by atoms with van der Waals surface area (Å²) in [6.45, 7) is 8.45. The van der Waals surface area contributed by atoms with Crippen LogP contribution in [0, 0.1) is 0 Å². The number of carbonyl (C=O) groups excluding carboxylic acids is 5. The number of carbonyl (C=O) groups is 5. The van der Waals surface area contributed by atoms with Gasteiger partial charge in [-0.05, 0) is 65.2 Å². The molecule has 5 amide bonds. The Balaban J connectivity index is 1.38. The minimum Gasteiger partial charge on any atom is -0.444 e. The van der Waals surface area contributed by atoms with Gasteiger partial charge in [-0.25, -0.2) is 9.78 Å². The average molecular weight is 676 g/mol. The number of anilines is 2. The van der Waals surface area contributed by atoms with Crippen molar-refractivity contribution >= 4 is 41.2 Å². The summed E-state index contributed by atoms with van der Waals surface area (Å²) in [5.74, 6) is -1.63. The molecule has 4 N–H and O–H groups in total. The Morgan fingerprint density at radius 2 is 1.61 bits per heavy atom. The number of imidazole rings is 1. The van der Waals surface area contributed by atoms with Crippen molar-refractivity contribution in [2.75, 3.05) is 23.8 Å². The number of hydrogen-bond acceptors (Lipinski definition) is 8. The van der Waals surface area contributed by atoms with E-state index in [-0.39, 0.29) is 37.4 Å². The lowest BCUT2D eigenvalue weighted by molar-refractivity contribution is -0.137. The number of hydrogen-bond donors (Lipinski definition) is 4. The van der Waals surface area contributed by atoms with Crippen LogP contribution in [0.5, 0.6) is 0 Å². The fourth-order valence-corrected chi connectivity index (χ4v) is 5.06. The molecule has 1 fully saturated rings. The maximum absolute atomic E-state index is 13.4. The van der Waals surface area contributed by atoms with Gasteiger partial charge in [-0.1, -0.05) is 48.5 Å². The summed E-state index contributed by atoms with van der Waals surface area (Å²) < 4.78 is 12.6. The second-order valence-electron chi connectivity index (χ2n) is 13.3. The van der Waals surface area contributed by atoms with Crippen molar-refractivity contribution in [2.45, 2.75) is 83.8 Å². The Morgan fingerprint density at radius 3 is 2.29 bits per heavy atom. The minimum atomic E-state index is -1.44. The molecule has 1 aromatic heterocycles. The normalized spacial score (nSPS) is 15.2. The van der Waals surface area contributed by atoms with Gasteiger partial charge in [0.1, 0.15) is 29.8 Å². The van der Waals surface area contributed by atoms with Crippen LogP contribution in [-0.4, -0.2) is 80.5 Å². The van der Waals surface area contributed by atoms with E-state index in [1.54, 1.807) is 37.8 Å². The average Bonchev–Trinajstić information content (AvgIpc) is 3.70. The summed E-state index contributed by atoms with van der Waals surface area (Å²) in [4.78, 5) is 71.1. The molecule has 3 aromatic rings. The molecular weight excluding hydrogens is 630 g/mol. The quantitative estimate of drug-likeness (QED) is 0.213. The number of benzene rings is 2. The number of likely N-dealkylation sites (tertiary alicyclic amines) is 1. The number of aromatic nitrogens is 2. The predicted octanol–water partition coefficient (Wildman–Crippen LogP) is 3.46. The molecule has 1 aliphatic rings. The third kappa shape index (κ3) is 11.2. The lowest BCUT2D eigenvalue weighted by Gasteiger charge is -2.29. The lowest BCUT2D eigenvalue weighted by Crippen LogP contribution is -2.59. The summed E-state index contributed by atoms with van der Waals surface area (Å²) >= 11 is 0. The minimum absolute atomic E-state index is 0.0944. The van der Waals surface area contributed by atoms with Gasteiger partial charge in [0.25, 0.3) is 5.91 Å². The molecule has 49 heavy (non-hydrogen) atoms. The number of alkyl carbamates (subject to hydrolysis) is 1. The summed E-state index contributed by atoms with van der Waals surface area (Å²) in [5.41, 5.74) is -0.676. The van der Waals surface area contributed by atoms with Crippen LogP contribution in [0.15, 0.2) is 73.2 Å². The largest absolute Gasteiger partial charge is 0.444 e. The van der Waals surface area contributed by atoms with E-state index < -0.39 is 41.1 Å². The molecule has 0 radical (unpaired) electrons. The highest BCUT2D eigenvalue weighted by Crippen LogP contribution is 2.20. The van der Waals surface area contributed by atoms with Crippen LogP contribution in [0.1, 0.15) is 53.0 Å². The summed E-state index contributed by atoms with van der Waals surface area (Å²) in [7, 11) is 0. The first kappa shape index (κ1) is 36.6. The Kier molecular flexibility index (Phi) is 12.1. The first-order valence-electron chi connectivity index (χ1n) is 16.1. The number of ether oxygens (including phenoxy) is 2. The molecule has 262 valence electrons. The van der Waals surface area contributed by atoms with Gasteiger partial charge in [-0.3, -0.25) is 19.2 Å². The van der Waals surface area contributed by atoms with Crippen molar-refractivity contribution in [1.29, 1.82) is 0 Å². The molecule has 1 saturated heterocycles. The van der Waals surface area contributed by atoms with E-state index in [1.165, 1.54) is 30.9 Å². The van der Waals surface area contributed by atoms with E-state index in [2.05, 4.69) is 26.3 Å². The number of amides is 5. The molecule has 0 unspecified atom stereocenters. The summed E-state index contributed by atoms with van der Waals surface area (Å²) in [5, 5.41) is 10.7. The lowest BCUT2D eigenvalue weighted by atomic mass is 10.0. The van der Waals surface area contributed by atoms with Crippen molar-refractivity contribution in [3.05, 3.63) is 78.8 Å². The van der Waals surface area contributed by atoms with Gasteiger partial charge >= 0.3 is 6.09 Å². The Hall–Kier alpha value is -5.24. The first-order chi connectivity index (χ1) is 23.2. The van der Waals surface area contributed by atoms with Crippen LogP contribution in [0.4, 0.5) is 16.3 Å². The predicted molar refractivity (Wildman–Crippen MR) is 182 cm³/mol. The third-order valence-electron chi connectivity index (χ3n) is 7.52. The van der Waals surface area contributed by atoms with E-state index >= 15 is 0 Å². The molecule has 1 aliphatic heterocycles. The van der Waals surface area contributed by atoms with Gasteiger partial charge in [-0.15, -0.1) is 0 Å². The molecule has 0 aliphatic carbocycles. The fourth-order valence-electron chi connectivity index (χ4n) is 5.06. The van der Waals surface area contributed by atoms with E-state index in [9.17, 15) is 24.0 Å². The van der Waals surface area contributed by atoms with Crippen molar-refractivity contribution in [2.24, 2.45) is 0 Å². The fraction of sp³-hybridized carbons (Fsp3) is 0.429. The van der Waals surface area contributed by atoms with Crippen LogP contribution in [-0.2, 0) is 41.8 Å². The van der Waals surface area contributed by atoms with Gasteiger partial charge in [0.05, 0.1) is 19.5 Å². The monoisotopic (exact) mass is 675 g/mol. The van der Waals surface area contributed by atoms with E-state index in [1.807, 2.05) is 48.5 Å². The van der Waals surface area contributed by atoms with Crippen molar-refractivity contribution in [3.8, 4) is 0 Å². The number of nitrogens with one attached hydrogen (secondary N) is 4. The molecule has 14 nitrogen and oxygen atoms in total. The standard InChI is InChI=1S/C35H45N7O7/c1-34(2,3)49-33(47)40-35(4,5)32(46)38-26(22-48-21-24-13-8-6-9-14-24)30(44)39-28-19-41(23-36-28)20-29(43)42-18-12-17-27(42)31(45)37-25-15-10-7-11-16-25/h6-11,13-16,19,23,26-27H,12,17-18,20-22H2,1-5H3,(H,37,45)(H,38,46)(H,39,44)(H,40,47)/t26-,27+/m1/s1. The molecule has 2 aromatic carbocycles. The number of nitrogens with zero attached hydrogens (tertiary/aromatic N) is 3. The van der Waals surface area contributed by atoms with Crippen LogP contribution in [0.3, 0.4) is 0 Å². The molecule has 14 heteroatoms. The van der Waals surface area contributed by atoms with Gasteiger partial charge in [0.15, 0.2) is 5.82 Å². The van der Waals surface area contributed by atoms with Gasteiger partial charge in [0.2, 0.25) is 17.7 Å². The van der Waals surface area contributed by atoms with Gasteiger partial charge in [0, 0.05) is 18.4 Å². The van der Waals surface area contributed by atoms with E-state index in [0.717, 1.165) is 5.56 Å². The molecule has 2 heterocycles. The highest BCUT2D eigenvalue weighted by Gasteiger charge is 2.36. The highest BCUT2D eigenvalue weighted by molar-refractivity contribution is 5.99. The van der Waals surface area contributed by atoms with Crippen molar-refractivity contribution < 1.29 is 33.4 Å². The zero-order valence-corrected chi connectivity index (χ0v) is 28.5. The SMILES string of the molecule is CC(C)(C)OC(=O)NC(C)(C)C(=O)N[C@H](COCc1ccccc1)C(=O)Nc1cn(CC(=O)N2CCC[C@H]2C(=O)Nc2ccccc2)cn1. The van der Waals surface area contributed by atoms with Gasteiger partial charge < -0.3 is 40.2 Å². The number of para-hydroxylation sites is 1. The van der Waals surface area contributed by atoms with Crippen molar-refractivity contribution in [3.63, 3.8) is 0 Å². The van der Waals surface area contributed by atoms with Crippen LogP contribution in [0.2, 0.25) is 0 Å². The number of rotatable bonds is 13. The highest BCUT2D eigenvalue weighted by atomic mass is 16.6. The smallest absolute Gasteiger partial charge is 0.408 e.